The predicted octanol–water partition coefficient (Wildman–Crippen LogP) is 3.78. The van der Waals surface area contributed by atoms with Crippen LogP contribution in [0, 0.1) is 5.92 Å². The molecule has 0 saturated heterocycles. The Morgan fingerprint density at radius 1 is 1.19 bits per heavy atom. The molecule has 1 saturated carbocycles. The fraction of sp³-hybridized carbons (Fsp3) is 0.600. The second kappa shape index (κ2) is 10.7. The van der Waals surface area contributed by atoms with Gasteiger partial charge in [-0.1, -0.05) is 25.5 Å². The standard InChI is InChI=1S/C20H29NO5/c1-2-5-19(22)26-18-7-4-3-6-16(18)14-15-8-10-17(11-9-15)25-13-12-21-20(23)24/h8-11,16,18,21H,2-7,12-14H2,1H3,(H,23,24). The van der Waals surface area contributed by atoms with Crippen LogP contribution in [0.25, 0.3) is 0 Å². The molecule has 6 nitrogen and oxygen atoms in total. The van der Waals surface area contributed by atoms with Crippen molar-refractivity contribution in [2.24, 2.45) is 5.92 Å². The van der Waals surface area contributed by atoms with E-state index in [0.717, 1.165) is 37.9 Å². The second-order valence-electron chi connectivity index (χ2n) is 6.75. The zero-order valence-electron chi connectivity index (χ0n) is 15.4. The molecule has 1 aromatic rings. The summed E-state index contributed by atoms with van der Waals surface area (Å²) >= 11 is 0. The molecule has 2 atom stereocenters. The van der Waals surface area contributed by atoms with Crippen molar-refractivity contribution in [1.29, 1.82) is 0 Å². The third-order valence-corrected chi connectivity index (χ3v) is 4.64. The lowest BCUT2D eigenvalue weighted by atomic mass is 9.82. The van der Waals surface area contributed by atoms with Crippen LogP contribution in [0.15, 0.2) is 24.3 Å². The van der Waals surface area contributed by atoms with Gasteiger partial charge in [0, 0.05) is 6.42 Å². The molecule has 0 bridgehead atoms. The van der Waals surface area contributed by atoms with E-state index in [0.29, 0.717) is 18.9 Å². The van der Waals surface area contributed by atoms with Gasteiger partial charge in [0.2, 0.25) is 0 Å². The third kappa shape index (κ3) is 6.94. The molecular weight excluding hydrogens is 334 g/mol. The molecule has 144 valence electrons. The molecule has 0 heterocycles. The molecule has 0 aromatic heterocycles. The lowest BCUT2D eigenvalue weighted by Gasteiger charge is -2.31. The minimum atomic E-state index is -1.05. The molecule has 0 aliphatic heterocycles. The van der Waals surface area contributed by atoms with Crippen LogP contribution in [0.3, 0.4) is 0 Å². The lowest BCUT2D eigenvalue weighted by Crippen LogP contribution is -2.31. The maximum Gasteiger partial charge on any atom is 0.404 e. The number of ether oxygens (including phenoxy) is 2. The first-order valence-corrected chi connectivity index (χ1v) is 9.46. The fourth-order valence-corrected chi connectivity index (χ4v) is 3.35. The number of carbonyl (C=O) groups excluding carboxylic acids is 1. The minimum Gasteiger partial charge on any atom is -0.492 e. The number of esters is 1. The number of rotatable bonds is 9. The maximum absolute atomic E-state index is 11.8. The van der Waals surface area contributed by atoms with Gasteiger partial charge >= 0.3 is 12.1 Å². The van der Waals surface area contributed by atoms with E-state index in [4.69, 9.17) is 14.6 Å². The summed E-state index contributed by atoms with van der Waals surface area (Å²) in [7, 11) is 0. The maximum atomic E-state index is 11.8. The summed E-state index contributed by atoms with van der Waals surface area (Å²) in [6, 6.07) is 7.85. The lowest BCUT2D eigenvalue weighted by molar-refractivity contribution is -0.153. The monoisotopic (exact) mass is 363 g/mol. The Kier molecular flexibility index (Phi) is 8.25. The SMILES string of the molecule is CCCC(=O)OC1CCCCC1Cc1ccc(OCCNC(=O)O)cc1. The summed E-state index contributed by atoms with van der Waals surface area (Å²) < 4.78 is 11.2. The van der Waals surface area contributed by atoms with Crippen molar-refractivity contribution >= 4 is 12.1 Å². The van der Waals surface area contributed by atoms with Crippen LogP contribution >= 0.6 is 0 Å². The third-order valence-electron chi connectivity index (χ3n) is 4.64. The largest absolute Gasteiger partial charge is 0.492 e. The van der Waals surface area contributed by atoms with Crippen molar-refractivity contribution in [2.75, 3.05) is 13.2 Å². The highest BCUT2D eigenvalue weighted by atomic mass is 16.5. The molecule has 0 spiro atoms. The van der Waals surface area contributed by atoms with Gasteiger partial charge in [0.05, 0.1) is 6.54 Å². The number of amides is 1. The van der Waals surface area contributed by atoms with Crippen molar-refractivity contribution in [3.63, 3.8) is 0 Å². The van der Waals surface area contributed by atoms with Gasteiger partial charge in [-0.3, -0.25) is 4.79 Å². The van der Waals surface area contributed by atoms with Gasteiger partial charge in [-0.2, -0.15) is 0 Å². The Labute approximate surface area is 154 Å². The van der Waals surface area contributed by atoms with Crippen molar-refractivity contribution in [3.8, 4) is 5.75 Å². The second-order valence-corrected chi connectivity index (χ2v) is 6.75. The quantitative estimate of drug-likeness (QED) is 0.515. The summed E-state index contributed by atoms with van der Waals surface area (Å²) in [4.78, 5) is 22.2. The highest BCUT2D eigenvalue weighted by molar-refractivity contribution is 5.69. The number of benzene rings is 1. The first-order chi connectivity index (χ1) is 12.6. The summed E-state index contributed by atoms with van der Waals surface area (Å²) in [6.45, 7) is 2.54. The Balaban J connectivity index is 1.83. The molecule has 2 rings (SSSR count). The Morgan fingerprint density at radius 3 is 2.62 bits per heavy atom. The minimum absolute atomic E-state index is 0.0285. The van der Waals surface area contributed by atoms with Gasteiger partial charge in [0.25, 0.3) is 0 Å². The van der Waals surface area contributed by atoms with Gasteiger partial charge in [-0.15, -0.1) is 0 Å². The Bertz CT molecular complexity index is 572. The van der Waals surface area contributed by atoms with Gasteiger partial charge < -0.3 is 19.9 Å². The number of nitrogens with one attached hydrogen (secondary N) is 1. The van der Waals surface area contributed by atoms with Crippen LogP contribution in [0.2, 0.25) is 0 Å². The van der Waals surface area contributed by atoms with Crippen LogP contribution in [0.5, 0.6) is 5.75 Å². The van der Waals surface area contributed by atoms with E-state index >= 15 is 0 Å². The fourth-order valence-electron chi connectivity index (χ4n) is 3.35. The van der Waals surface area contributed by atoms with E-state index in [1.807, 2.05) is 31.2 Å². The zero-order valence-corrected chi connectivity index (χ0v) is 15.4. The first-order valence-electron chi connectivity index (χ1n) is 9.46. The summed E-state index contributed by atoms with van der Waals surface area (Å²) in [6.07, 6.45) is 5.53. The van der Waals surface area contributed by atoms with Crippen LogP contribution in [0.1, 0.15) is 51.0 Å². The average Bonchev–Trinajstić information content (AvgIpc) is 2.62. The number of hydrogen-bond donors (Lipinski definition) is 2. The van der Waals surface area contributed by atoms with E-state index in [1.54, 1.807) is 0 Å². The normalized spacial score (nSPS) is 19.6. The number of carbonyl (C=O) groups is 2. The molecule has 6 heteroatoms. The molecule has 0 radical (unpaired) electrons. The van der Waals surface area contributed by atoms with E-state index in [1.165, 1.54) is 12.0 Å². The molecular formula is C20H29NO5. The molecule has 26 heavy (non-hydrogen) atoms. The van der Waals surface area contributed by atoms with Gasteiger partial charge in [-0.25, -0.2) is 4.79 Å². The van der Waals surface area contributed by atoms with Gasteiger partial charge in [0.15, 0.2) is 0 Å². The van der Waals surface area contributed by atoms with Crippen LogP contribution in [-0.2, 0) is 16.0 Å². The van der Waals surface area contributed by atoms with E-state index in [-0.39, 0.29) is 18.6 Å². The van der Waals surface area contributed by atoms with Gasteiger partial charge in [0.1, 0.15) is 18.5 Å². The smallest absolute Gasteiger partial charge is 0.404 e. The molecule has 2 N–H and O–H groups in total. The molecule has 1 fully saturated rings. The molecule has 1 amide bonds. The molecule has 1 aromatic carbocycles. The van der Waals surface area contributed by atoms with Crippen LogP contribution in [-0.4, -0.2) is 36.4 Å². The highest BCUT2D eigenvalue weighted by Gasteiger charge is 2.28. The summed E-state index contributed by atoms with van der Waals surface area (Å²) in [5.41, 5.74) is 1.20. The average molecular weight is 363 g/mol. The zero-order chi connectivity index (χ0) is 18.8. The topological polar surface area (TPSA) is 84.9 Å². The van der Waals surface area contributed by atoms with Crippen molar-refractivity contribution in [1.82, 2.24) is 5.32 Å². The number of hydrogen-bond acceptors (Lipinski definition) is 4. The first kappa shape index (κ1) is 20.1. The number of carboxylic acid groups (broad SMARTS) is 1. The molecule has 2 unspecified atom stereocenters. The van der Waals surface area contributed by atoms with E-state index < -0.39 is 6.09 Å². The van der Waals surface area contributed by atoms with Crippen molar-refractivity contribution in [3.05, 3.63) is 29.8 Å². The molecule has 1 aliphatic carbocycles. The van der Waals surface area contributed by atoms with E-state index in [9.17, 15) is 9.59 Å². The molecule has 1 aliphatic rings. The summed E-state index contributed by atoms with van der Waals surface area (Å²) in [5, 5.41) is 10.8. The summed E-state index contributed by atoms with van der Waals surface area (Å²) in [5.74, 6) is 1.01. The van der Waals surface area contributed by atoms with Crippen molar-refractivity contribution in [2.45, 2.75) is 58.0 Å². The van der Waals surface area contributed by atoms with E-state index in [2.05, 4.69) is 5.32 Å². The predicted molar refractivity (Wildman–Crippen MR) is 98.4 cm³/mol. The van der Waals surface area contributed by atoms with Crippen molar-refractivity contribution < 1.29 is 24.2 Å². The Morgan fingerprint density at radius 2 is 1.92 bits per heavy atom. The highest BCUT2D eigenvalue weighted by Crippen LogP contribution is 2.30. The Hall–Kier alpha value is -2.24. The van der Waals surface area contributed by atoms with Gasteiger partial charge in [-0.05, 0) is 55.7 Å². The van der Waals surface area contributed by atoms with Crippen LogP contribution in [0.4, 0.5) is 4.79 Å². The van der Waals surface area contributed by atoms with Crippen LogP contribution < -0.4 is 10.1 Å².